The van der Waals surface area contributed by atoms with E-state index in [2.05, 4.69) is 10.3 Å². The smallest absolute Gasteiger partial charge is 0.262 e. The Morgan fingerprint density at radius 2 is 1.90 bits per heavy atom. The number of ether oxygens (including phenoxy) is 2. The van der Waals surface area contributed by atoms with Crippen LogP contribution < -0.4 is 14.8 Å². The van der Waals surface area contributed by atoms with Crippen LogP contribution in [-0.2, 0) is 17.9 Å². The predicted octanol–water partition coefficient (Wildman–Crippen LogP) is 3.89. The summed E-state index contributed by atoms with van der Waals surface area (Å²) < 4.78 is 11.3. The summed E-state index contributed by atoms with van der Waals surface area (Å²) >= 11 is 0. The summed E-state index contributed by atoms with van der Waals surface area (Å²) in [5.74, 6) is 0.649. The minimum atomic E-state index is -0.454. The Bertz CT molecular complexity index is 1060. The van der Waals surface area contributed by atoms with Crippen LogP contribution in [-0.4, -0.2) is 18.0 Å². The van der Waals surface area contributed by atoms with Gasteiger partial charge in [-0.15, -0.1) is 0 Å². The topological polar surface area (TPSA) is 84.2 Å². The largest absolute Gasteiger partial charge is 0.493 e. The Labute approximate surface area is 175 Å². The van der Waals surface area contributed by atoms with E-state index in [1.165, 1.54) is 6.08 Å². The maximum absolute atomic E-state index is 12.4. The lowest BCUT2D eigenvalue weighted by atomic mass is 10.1. The van der Waals surface area contributed by atoms with Gasteiger partial charge in [0, 0.05) is 18.9 Å². The number of carbonyl (C=O) groups excluding carboxylic acids is 1. The van der Waals surface area contributed by atoms with E-state index < -0.39 is 5.91 Å². The number of benzene rings is 2. The van der Waals surface area contributed by atoms with Crippen LogP contribution in [0.15, 0.2) is 78.6 Å². The van der Waals surface area contributed by atoms with E-state index in [-0.39, 0.29) is 5.57 Å². The molecule has 0 saturated carbocycles. The third-order valence-corrected chi connectivity index (χ3v) is 4.28. The van der Waals surface area contributed by atoms with E-state index in [1.807, 2.05) is 42.5 Å². The molecule has 0 fully saturated rings. The number of rotatable bonds is 8. The van der Waals surface area contributed by atoms with Crippen LogP contribution in [0.3, 0.4) is 0 Å². The number of amides is 1. The van der Waals surface area contributed by atoms with E-state index in [0.29, 0.717) is 30.2 Å². The first-order chi connectivity index (χ1) is 14.7. The molecule has 0 aliphatic rings. The van der Waals surface area contributed by atoms with Crippen LogP contribution in [0.25, 0.3) is 6.08 Å². The van der Waals surface area contributed by atoms with Crippen LogP contribution >= 0.6 is 0 Å². The van der Waals surface area contributed by atoms with Crippen LogP contribution in [0, 0.1) is 11.3 Å². The minimum absolute atomic E-state index is 0.00102. The fraction of sp³-hybridized carbons (Fsp3) is 0.125. The van der Waals surface area contributed by atoms with Crippen molar-refractivity contribution in [2.24, 2.45) is 0 Å². The molecule has 0 spiro atoms. The molecule has 3 aromatic rings. The number of methoxy groups -OCH3 is 1. The third-order valence-electron chi connectivity index (χ3n) is 4.28. The second-order valence-electron chi connectivity index (χ2n) is 6.40. The lowest BCUT2D eigenvalue weighted by Gasteiger charge is -2.11. The van der Waals surface area contributed by atoms with Gasteiger partial charge < -0.3 is 14.8 Å². The Balaban J connectivity index is 1.69. The average Bonchev–Trinajstić information content (AvgIpc) is 2.81. The Morgan fingerprint density at radius 1 is 1.10 bits per heavy atom. The molecule has 0 atom stereocenters. The second kappa shape index (κ2) is 10.4. The van der Waals surface area contributed by atoms with Crippen molar-refractivity contribution in [3.63, 3.8) is 0 Å². The van der Waals surface area contributed by atoms with Crippen molar-refractivity contribution in [2.45, 2.75) is 13.2 Å². The molecule has 30 heavy (non-hydrogen) atoms. The first-order valence-electron chi connectivity index (χ1n) is 9.33. The number of nitrogens with zero attached hydrogens (tertiary/aromatic N) is 2. The lowest BCUT2D eigenvalue weighted by Crippen LogP contribution is -2.24. The summed E-state index contributed by atoms with van der Waals surface area (Å²) in [5.41, 5.74) is 2.55. The zero-order valence-corrected chi connectivity index (χ0v) is 16.5. The number of carbonyl (C=O) groups is 1. The van der Waals surface area contributed by atoms with Gasteiger partial charge >= 0.3 is 0 Å². The monoisotopic (exact) mass is 399 g/mol. The molecule has 1 aromatic heterocycles. The van der Waals surface area contributed by atoms with E-state index >= 15 is 0 Å². The van der Waals surface area contributed by atoms with E-state index in [1.54, 1.807) is 43.8 Å². The first-order valence-corrected chi connectivity index (χ1v) is 9.33. The molecule has 3 rings (SSSR count). The highest BCUT2D eigenvalue weighted by Crippen LogP contribution is 2.29. The van der Waals surface area contributed by atoms with Gasteiger partial charge in [-0.3, -0.25) is 9.78 Å². The van der Waals surface area contributed by atoms with Gasteiger partial charge in [0.2, 0.25) is 0 Å². The first kappa shape index (κ1) is 20.6. The number of nitrogens with one attached hydrogen (secondary N) is 1. The summed E-state index contributed by atoms with van der Waals surface area (Å²) in [5, 5.41) is 12.1. The summed E-state index contributed by atoms with van der Waals surface area (Å²) in [4.78, 5) is 16.4. The van der Waals surface area contributed by atoms with Gasteiger partial charge in [0.15, 0.2) is 11.5 Å². The quantitative estimate of drug-likeness (QED) is 0.459. The van der Waals surface area contributed by atoms with E-state index in [4.69, 9.17) is 9.47 Å². The molecule has 0 aliphatic carbocycles. The van der Waals surface area contributed by atoms with Crippen LogP contribution in [0.4, 0.5) is 0 Å². The maximum Gasteiger partial charge on any atom is 0.262 e. The second-order valence-corrected chi connectivity index (χ2v) is 6.40. The van der Waals surface area contributed by atoms with Crippen molar-refractivity contribution in [2.75, 3.05) is 7.11 Å². The molecule has 2 aromatic carbocycles. The van der Waals surface area contributed by atoms with Crippen LogP contribution in [0.1, 0.15) is 16.7 Å². The van der Waals surface area contributed by atoms with Crippen molar-refractivity contribution in [1.82, 2.24) is 10.3 Å². The molecule has 0 aliphatic heterocycles. The summed E-state index contributed by atoms with van der Waals surface area (Å²) in [6.07, 6.45) is 4.84. The van der Waals surface area contributed by atoms with E-state index in [9.17, 15) is 10.1 Å². The minimum Gasteiger partial charge on any atom is -0.493 e. The van der Waals surface area contributed by atoms with Crippen LogP contribution in [0.5, 0.6) is 11.5 Å². The maximum atomic E-state index is 12.4. The van der Waals surface area contributed by atoms with Gasteiger partial charge in [0.25, 0.3) is 5.91 Å². The normalized spacial score (nSPS) is 10.7. The van der Waals surface area contributed by atoms with Crippen molar-refractivity contribution < 1.29 is 14.3 Å². The molecule has 6 nitrogen and oxygen atoms in total. The number of aromatic nitrogens is 1. The zero-order chi connectivity index (χ0) is 21.2. The fourth-order valence-corrected chi connectivity index (χ4v) is 2.72. The van der Waals surface area contributed by atoms with E-state index in [0.717, 1.165) is 11.1 Å². The van der Waals surface area contributed by atoms with Gasteiger partial charge in [0.05, 0.1) is 7.11 Å². The zero-order valence-electron chi connectivity index (χ0n) is 16.5. The van der Waals surface area contributed by atoms with Crippen molar-refractivity contribution in [1.29, 1.82) is 5.26 Å². The highest BCUT2D eigenvalue weighted by molar-refractivity contribution is 6.01. The van der Waals surface area contributed by atoms with Gasteiger partial charge in [-0.1, -0.05) is 42.5 Å². The number of hydrogen-bond acceptors (Lipinski definition) is 5. The average molecular weight is 399 g/mol. The Morgan fingerprint density at radius 3 is 2.60 bits per heavy atom. The molecule has 0 bridgehead atoms. The van der Waals surface area contributed by atoms with Crippen LogP contribution in [0.2, 0.25) is 0 Å². The number of hydrogen-bond donors (Lipinski definition) is 1. The molecule has 1 amide bonds. The van der Waals surface area contributed by atoms with Gasteiger partial charge in [-0.05, 0) is 41.0 Å². The molecule has 0 saturated heterocycles. The Hall–Kier alpha value is -4.11. The molecular formula is C24H21N3O3. The summed E-state index contributed by atoms with van der Waals surface area (Å²) in [7, 11) is 1.55. The number of nitriles is 1. The SMILES string of the molecule is COc1cc(C=C(C#N)C(=O)NCc2cccnc2)ccc1OCc1ccccc1. The van der Waals surface area contributed by atoms with Gasteiger partial charge in [-0.2, -0.15) is 5.26 Å². The summed E-state index contributed by atoms with van der Waals surface area (Å²) in [6.45, 7) is 0.702. The molecular weight excluding hydrogens is 378 g/mol. The lowest BCUT2D eigenvalue weighted by molar-refractivity contribution is -0.117. The standard InChI is InChI=1S/C24H21N3O3/c1-29-23-13-19(9-10-22(23)30-17-18-6-3-2-4-7-18)12-21(14-25)24(28)27-16-20-8-5-11-26-15-20/h2-13,15H,16-17H2,1H3,(H,27,28). The predicted molar refractivity (Wildman–Crippen MR) is 113 cm³/mol. The van der Waals surface area contributed by atoms with Crippen molar-refractivity contribution >= 4 is 12.0 Å². The third kappa shape index (κ3) is 5.69. The van der Waals surface area contributed by atoms with Gasteiger partial charge in [0.1, 0.15) is 18.2 Å². The highest BCUT2D eigenvalue weighted by Gasteiger charge is 2.11. The van der Waals surface area contributed by atoms with Gasteiger partial charge in [-0.25, -0.2) is 0 Å². The van der Waals surface area contributed by atoms with Crippen molar-refractivity contribution in [3.05, 3.63) is 95.3 Å². The molecule has 0 unspecified atom stereocenters. The Kier molecular flexibility index (Phi) is 7.17. The highest BCUT2D eigenvalue weighted by atomic mass is 16.5. The molecule has 1 N–H and O–H groups in total. The number of pyridine rings is 1. The summed E-state index contributed by atoms with van der Waals surface area (Å²) in [6, 6.07) is 20.7. The molecule has 150 valence electrons. The molecule has 0 radical (unpaired) electrons. The molecule has 1 heterocycles. The van der Waals surface area contributed by atoms with Crippen molar-refractivity contribution in [3.8, 4) is 17.6 Å². The fourth-order valence-electron chi connectivity index (χ4n) is 2.72. The molecule has 6 heteroatoms.